The van der Waals surface area contributed by atoms with Crippen LogP contribution in [0.15, 0.2) is 0 Å². The smallest absolute Gasteiger partial charge is 0.317 e. The highest BCUT2D eigenvalue weighted by Gasteiger charge is 2.28. The summed E-state index contributed by atoms with van der Waals surface area (Å²) in [4.78, 5) is 26.7. The van der Waals surface area contributed by atoms with Crippen LogP contribution in [-0.2, 0) is 4.79 Å². The summed E-state index contributed by atoms with van der Waals surface area (Å²) in [5.41, 5.74) is -0.949. The van der Waals surface area contributed by atoms with Crippen LogP contribution in [0.3, 0.4) is 0 Å². The fourth-order valence-corrected chi connectivity index (χ4v) is 1.39. The summed E-state index contributed by atoms with van der Waals surface area (Å²) in [5, 5.41) is 11.7. The summed E-state index contributed by atoms with van der Waals surface area (Å²) < 4.78 is 0. The highest BCUT2D eigenvalue weighted by Crippen LogP contribution is 2.13. The summed E-state index contributed by atoms with van der Waals surface area (Å²) in [6, 6.07) is -0.196. The number of likely N-dealkylation sites (N-methyl/N-ethyl adjacent to an activating group) is 1. The number of hydrogen-bond acceptors (Lipinski definition) is 3. The first kappa shape index (κ1) is 17.7. The number of carboxylic acids is 1. The number of rotatable bonds is 8. The van der Waals surface area contributed by atoms with Crippen LogP contribution < -0.4 is 5.32 Å². The van der Waals surface area contributed by atoms with Gasteiger partial charge in [0.05, 0.1) is 5.41 Å². The Kier molecular flexibility index (Phi) is 7.44. The van der Waals surface area contributed by atoms with Crippen LogP contribution >= 0.6 is 0 Å². The van der Waals surface area contributed by atoms with Crippen LogP contribution in [0.4, 0.5) is 4.79 Å². The fourth-order valence-electron chi connectivity index (χ4n) is 1.39. The molecule has 0 aliphatic rings. The molecule has 0 spiro atoms. The van der Waals surface area contributed by atoms with E-state index in [9.17, 15) is 9.59 Å². The van der Waals surface area contributed by atoms with Crippen molar-refractivity contribution in [3.8, 4) is 0 Å². The van der Waals surface area contributed by atoms with Crippen molar-refractivity contribution >= 4 is 12.0 Å². The van der Waals surface area contributed by atoms with Gasteiger partial charge in [0, 0.05) is 26.2 Å². The quantitative estimate of drug-likeness (QED) is 0.694. The van der Waals surface area contributed by atoms with Crippen molar-refractivity contribution in [3.05, 3.63) is 0 Å². The van der Waals surface area contributed by atoms with Gasteiger partial charge in [-0.1, -0.05) is 6.92 Å². The second-order valence-corrected chi connectivity index (χ2v) is 5.64. The molecule has 0 unspecified atom stereocenters. The molecular formula is C13H27N3O3. The Morgan fingerprint density at radius 2 is 1.74 bits per heavy atom. The maximum absolute atomic E-state index is 12.0. The summed E-state index contributed by atoms with van der Waals surface area (Å²) >= 11 is 0. The molecule has 0 aliphatic carbocycles. The molecule has 0 aromatic heterocycles. The first-order valence-corrected chi connectivity index (χ1v) is 6.61. The van der Waals surface area contributed by atoms with Crippen LogP contribution in [0.2, 0.25) is 0 Å². The number of hydrogen-bond donors (Lipinski definition) is 2. The van der Waals surface area contributed by atoms with Gasteiger partial charge in [-0.2, -0.15) is 0 Å². The lowest BCUT2D eigenvalue weighted by Gasteiger charge is -2.26. The maximum atomic E-state index is 12.0. The zero-order chi connectivity index (χ0) is 15.1. The Morgan fingerprint density at radius 1 is 1.16 bits per heavy atom. The Morgan fingerprint density at radius 3 is 2.16 bits per heavy atom. The summed E-state index contributed by atoms with van der Waals surface area (Å²) in [7, 11) is 3.91. The van der Waals surface area contributed by atoms with E-state index in [1.54, 1.807) is 18.7 Å². The van der Waals surface area contributed by atoms with E-state index in [-0.39, 0.29) is 12.6 Å². The van der Waals surface area contributed by atoms with Gasteiger partial charge in [0.2, 0.25) is 0 Å². The Labute approximate surface area is 115 Å². The predicted octanol–water partition coefficient (Wildman–Crippen LogP) is 1.08. The van der Waals surface area contributed by atoms with Gasteiger partial charge in [0.15, 0.2) is 0 Å². The molecule has 0 heterocycles. The lowest BCUT2D eigenvalue weighted by Crippen LogP contribution is -2.47. The Balaban J connectivity index is 4.36. The van der Waals surface area contributed by atoms with Crippen LogP contribution in [0.5, 0.6) is 0 Å². The van der Waals surface area contributed by atoms with Gasteiger partial charge in [-0.05, 0) is 34.4 Å². The number of carboxylic acid groups (broad SMARTS) is 1. The van der Waals surface area contributed by atoms with E-state index in [0.717, 1.165) is 13.0 Å². The van der Waals surface area contributed by atoms with Gasteiger partial charge in [0.25, 0.3) is 0 Å². The summed E-state index contributed by atoms with van der Waals surface area (Å²) in [6.07, 6.45) is 0.878. The van der Waals surface area contributed by atoms with Gasteiger partial charge in [-0.25, -0.2) is 4.79 Å². The molecule has 19 heavy (non-hydrogen) atoms. The van der Waals surface area contributed by atoms with E-state index in [4.69, 9.17) is 5.11 Å². The molecule has 0 saturated heterocycles. The third-order valence-corrected chi connectivity index (χ3v) is 2.86. The van der Waals surface area contributed by atoms with Crippen molar-refractivity contribution in [1.29, 1.82) is 0 Å². The van der Waals surface area contributed by atoms with Gasteiger partial charge < -0.3 is 20.2 Å². The lowest BCUT2D eigenvalue weighted by atomic mass is 9.94. The fraction of sp³-hybridized carbons (Fsp3) is 0.846. The molecule has 0 aliphatic heterocycles. The molecule has 0 rings (SSSR count). The molecule has 2 amide bonds. The van der Waals surface area contributed by atoms with Gasteiger partial charge in [0.1, 0.15) is 0 Å². The summed E-state index contributed by atoms with van der Waals surface area (Å²) in [5.74, 6) is -0.914. The predicted molar refractivity (Wildman–Crippen MR) is 75.2 cm³/mol. The zero-order valence-corrected chi connectivity index (χ0v) is 12.7. The molecule has 0 aromatic carbocycles. The minimum Gasteiger partial charge on any atom is -0.481 e. The molecule has 0 bridgehead atoms. The monoisotopic (exact) mass is 273 g/mol. The third kappa shape index (κ3) is 7.00. The highest BCUT2D eigenvalue weighted by molar-refractivity contribution is 5.77. The topological polar surface area (TPSA) is 72.9 Å². The third-order valence-electron chi connectivity index (χ3n) is 2.86. The summed E-state index contributed by atoms with van der Waals surface area (Å²) in [6.45, 7) is 7.43. The number of nitrogens with one attached hydrogen (secondary N) is 1. The average Bonchev–Trinajstić information content (AvgIpc) is 2.31. The van der Waals surface area contributed by atoms with Gasteiger partial charge >= 0.3 is 12.0 Å². The largest absolute Gasteiger partial charge is 0.481 e. The second-order valence-electron chi connectivity index (χ2n) is 5.64. The minimum atomic E-state index is -0.949. The van der Waals surface area contributed by atoms with Crippen molar-refractivity contribution < 1.29 is 14.7 Å². The molecule has 0 fully saturated rings. The average molecular weight is 273 g/mol. The normalized spacial score (nSPS) is 11.5. The molecule has 0 atom stereocenters. The first-order chi connectivity index (χ1) is 8.70. The van der Waals surface area contributed by atoms with Crippen molar-refractivity contribution in [2.75, 3.05) is 40.3 Å². The lowest BCUT2D eigenvalue weighted by molar-refractivity contribution is -0.146. The van der Waals surface area contributed by atoms with E-state index in [1.807, 2.05) is 25.9 Å². The van der Waals surface area contributed by atoms with Crippen molar-refractivity contribution in [1.82, 2.24) is 15.1 Å². The zero-order valence-electron chi connectivity index (χ0n) is 12.7. The first-order valence-electron chi connectivity index (χ1n) is 6.61. The van der Waals surface area contributed by atoms with E-state index >= 15 is 0 Å². The second kappa shape index (κ2) is 7.99. The molecule has 2 N–H and O–H groups in total. The number of amides is 2. The minimum absolute atomic E-state index is 0.128. The maximum Gasteiger partial charge on any atom is 0.317 e. The number of carbonyl (C=O) groups is 2. The number of nitrogens with zero attached hydrogens (tertiary/aromatic N) is 2. The van der Waals surface area contributed by atoms with Gasteiger partial charge in [-0.15, -0.1) is 0 Å². The van der Waals surface area contributed by atoms with E-state index in [1.165, 1.54) is 0 Å². The van der Waals surface area contributed by atoms with E-state index in [0.29, 0.717) is 13.1 Å². The van der Waals surface area contributed by atoms with Crippen LogP contribution in [0, 0.1) is 5.41 Å². The van der Waals surface area contributed by atoms with Crippen LogP contribution in [0.1, 0.15) is 27.2 Å². The van der Waals surface area contributed by atoms with E-state index < -0.39 is 11.4 Å². The molecule has 6 nitrogen and oxygen atoms in total. The molecule has 6 heteroatoms. The molecular weight excluding hydrogens is 246 g/mol. The SMILES string of the molecule is CCCN(CCN(C)C)C(=O)NCC(C)(C)C(=O)O. The van der Waals surface area contributed by atoms with E-state index in [2.05, 4.69) is 5.32 Å². The van der Waals surface area contributed by atoms with Crippen LogP contribution in [-0.4, -0.2) is 67.2 Å². The van der Waals surface area contributed by atoms with Crippen molar-refractivity contribution in [3.63, 3.8) is 0 Å². The van der Waals surface area contributed by atoms with Crippen LogP contribution in [0.25, 0.3) is 0 Å². The number of carbonyl (C=O) groups excluding carboxylic acids is 1. The Hall–Kier alpha value is -1.30. The molecule has 0 radical (unpaired) electrons. The molecule has 0 aromatic rings. The standard InChI is InChI=1S/C13H27N3O3/c1-6-7-16(9-8-15(4)5)12(19)14-10-13(2,3)11(17)18/h6-10H2,1-5H3,(H,14,19)(H,17,18). The number of urea groups is 1. The van der Waals surface area contributed by atoms with Gasteiger partial charge in [-0.3, -0.25) is 4.79 Å². The van der Waals surface area contributed by atoms with Crippen molar-refractivity contribution in [2.45, 2.75) is 27.2 Å². The van der Waals surface area contributed by atoms with Crippen molar-refractivity contribution in [2.24, 2.45) is 5.41 Å². The highest BCUT2D eigenvalue weighted by atomic mass is 16.4. The molecule has 112 valence electrons. The Bertz CT molecular complexity index is 304. The molecule has 0 saturated carbocycles. The number of aliphatic carboxylic acids is 1.